The van der Waals surface area contributed by atoms with Crippen molar-refractivity contribution in [3.05, 3.63) is 0 Å². The zero-order chi connectivity index (χ0) is 9.68. The summed E-state index contributed by atoms with van der Waals surface area (Å²) < 4.78 is 5.59. The van der Waals surface area contributed by atoms with E-state index in [2.05, 4.69) is 29.8 Å². The molecule has 1 rings (SSSR count). The first-order valence-corrected chi connectivity index (χ1v) is 6.35. The summed E-state index contributed by atoms with van der Waals surface area (Å²) in [5.41, 5.74) is 0. The van der Waals surface area contributed by atoms with Crippen molar-refractivity contribution in [2.24, 2.45) is 5.92 Å². The van der Waals surface area contributed by atoms with E-state index in [0.29, 0.717) is 10.9 Å². The van der Waals surface area contributed by atoms with Crippen LogP contribution < -0.4 is 0 Å². The lowest BCUT2D eigenvalue weighted by atomic mass is 10.0. The Bertz CT molecular complexity index is 130. The van der Waals surface area contributed by atoms with Gasteiger partial charge in [0, 0.05) is 11.4 Å². The van der Waals surface area contributed by atoms with Gasteiger partial charge in [0.15, 0.2) is 0 Å². The van der Waals surface area contributed by atoms with Crippen LogP contribution in [0.1, 0.15) is 46.0 Å². The summed E-state index contributed by atoms with van der Waals surface area (Å²) in [5, 5.41) is 0. The highest BCUT2D eigenvalue weighted by Gasteiger charge is 2.17. The van der Waals surface area contributed by atoms with E-state index in [9.17, 15) is 0 Å². The third kappa shape index (κ3) is 5.02. The fraction of sp³-hybridized carbons (Fsp3) is 1.00. The fourth-order valence-electron chi connectivity index (χ4n) is 1.87. The average Bonchev–Trinajstić information content (AvgIpc) is 2.51. The molecule has 1 heterocycles. The highest BCUT2D eigenvalue weighted by atomic mass is 79.9. The Balaban J connectivity index is 2.03. The monoisotopic (exact) mass is 248 g/mol. The Labute approximate surface area is 90.4 Å². The molecular formula is C11H21BrO. The van der Waals surface area contributed by atoms with Gasteiger partial charge in [-0.3, -0.25) is 0 Å². The average molecular weight is 249 g/mol. The summed E-state index contributed by atoms with van der Waals surface area (Å²) in [6, 6.07) is 0. The molecule has 1 aliphatic heterocycles. The van der Waals surface area contributed by atoms with E-state index in [1.165, 1.54) is 32.1 Å². The summed E-state index contributed by atoms with van der Waals surface area (Å²) >= 11 is 3.73. The molecule has 1 saturated heterocycles. The molecule has 13 heavy (non-hydrogen) atoms. The van der Waals surface area contributed by atoms with Crippen LogP contribution in [0.5, 0.6) is 0 Å². The molecule has 2 heteroatoms. The van der Waals surface area contributed by atoms with Crippen LogP contribution in [-0.2, 0) is 4.74 Å². The minimum atomic E-state index is 0.562. The van der Waals surface area contributed by atoms with E-state index >= 15 is 0 Å². The van der Waals surface area contributed by atoms with Gasteiger partial charge in [-0.2, -0.15) is 0 Å². The smallest absolute Gasteiger partial charge is 0.0576 e. The number of ether oxygens (including phenoxy) is 1. The van der Waals surface area contributed by atoms with Crippen molar-refractivity contribution in [1.29, 1.82) is 0 Å². The first-order chi connectivity index (χ1) is 6.18. The van der Waals surface area contributed by atoms with Crippen LogP contribution in [-0.4, -0.2) is 17.5 Å². The molecule has 0 aromatic heterocycles. The number of hydrogen-bond acceptors (Lipinski definition) is 1. The minimum absolute atomic E-state index is 0.562. The molecule has 1 nitrogen and oxygen atoms in total. The van der Waals surface area contributed by atoms with Crippen LogP contribution in [0.25, 0.3) is 0 Å². The van der Waals surface area contributed by atoms with Crippen molar-refractivity contribution in [3.63, 3.8) is 0 Å². The van der Waals surface area contributed by atoms with Crippen LogP contribution in [0, 0.1) is 5.92 Å². The van der Waals surface area contributed by atoms with Gasteiger partial charge in [-0.1, -0.05) is 29.8 Å². The van der Waals surface area contributed by atoms with E-state index in [4.69, 9.17) is 4.74 Å². The van der Waals surface area contributed by atoms with E-state index < -0.39 is 0 Å². The van der Waals surface area contributed by atoms with Gasteiger partial charge in [0.25, 0.3) is 0 Å². The molecule has 0 amide bonds. The lowest BCUT2D eigenvalue weighted by Gasteiger charge is -2.14. The molecule has 0 spiro atoms. The predicted molar refractivity (Wildman–Crippen MR) is 60.4 cm³/mol. The SMILES string of the molecule is CC(C)CC(Br)CCC1CCCO1. The maximum absolute atomic E-state index is 5.59. The molecular weight excluding hydrogens is 228 g/mol. The fourth-order valence-corrected chi connectivity index (χ4v) is 2.88. The second-order valence-electron chi connectivity index (χ2n) is 4.44. The van der Waals surface area contributed by atoms with E-state index in [1.54, 1.807) is 0 Å². The van der Waals surface area contributed by atoms with Crippen molar-refractivity contribution >= 4 is 15.9 Å². The van der Waals surface area contributed by atoms with Gasteiger partial charge >= 0.3 is 0 Å². The zero-order valence-electron chi connectivity index (χ0n) is 8.76. The van der Waals surface area contributed by atoms with Crippen molar-refractivity contribution in [1.82, 2.24) is 0 Å². The molecule has 1 fully saturated rings. The summed E-state index contributed by atoms with van der Waals surface area (Å²) in [7, 11) is 0. The number of hydrogen-bond donors (Lipinski definition) is 0. The van der Waals surface area contributed by atoms with Crippen molar-refractivity contribution in [2.45, 2.75) is 56.9 Å². The molecule has 0 aromatic carbocycles. The summed E-state index contributed by atoms with van der Waals surface area (Å²) in [6.45, 7) is 5.54. The highest BCUT2D eigenvalue weighted by molar-refractivity contribution is 9.09. The summed E-state index contributed by atoms with van der Waals surface area (Å²) in [5.74, 6) is 0.800. The molecule has 78 valence electrons. The van der Waals surface area contributed by atoms with Gasteiger partial charge in [0.1, 0.15) is 0 Å². The van der Waals surface area contributed by atoms with E-state index in [-0.39, 0.29) is 0 Å². The van der Waals surface area contributed by atoms with Crippen molar-refractivity contribution < 1.29 is 4.74 Å². The van der Waals surface area contributed by atoms with Crippen molar-refractivity contribution in [2.75, 3.05) is 6.61 Å². The standard InChI is InChI=1S/C11H21BrO/c1-9(2)8-10(12)5-6-11-4-3-7-13-11/h9-11H,3-8H2,1-2H3. The van der Waals surface area contributed by atoms with Crippen LogP contribution in [0.2, 0.25) is 0 Å². The Morgan fingerprint density at radius 2 is 2.23 bits per heavy atom. The molecule has 1 aliphatic rings. The molecule has 0 radical (unpaired) electrons. The van der Waals surface area contributed by atoms with Crippen molar-refractivity contribution in [3.8, 4) is 0 Å². The Morgan fingerprint density at radius 3 is 2.77 bits per heavy atom. The zero-order valence-corrected chi connectivity index (χ0v) is 10.3. The van der Waals surface area contributed by atoms with Gasteiger partial charge in [-0.05, 0) is 38.0 Å². The molecule has 2 unspecified atom stereocenters. The van der Waals surface area contributed by atoms with Gasteiger partial charge in [-0.25, -0.2) is 0 Å². The lowest BCUT2D eigenvalue weighted by Crippen LogP contribution is -2.10. The molecule has 0 N–H and O–H groups in total. The highest BCUT2D eigenvalue weighted by Crippen LogP contribution is 2.23. The van der Waals surface area contributed by atoms with Crippen LogP contribution >= 0.6 is 15.9 Å². The second kappa shape index (κ2) is 6.02. The van der Waals surface area contributed by atoms with Crippen LogP contribution in [0.3, 0.4) is 0 Å². The molecule has 0 aliphatic carbocycles. The molecule has 0 aromatic rings. The first kappa shape index (κ1) is 11.5. The second-order valence-corrected chi connectivity index (χ2v) is 5.73. The number of alkyl halides is 1. The minimum Gasteiger partial charge on any atom is -0.378 e. The number of halogens is 1. The third-order valence-electron chi connectivity index (χ3n) is 2.55. The molecule has 2 atom stereocenters. The Kier molecular flexibility index (Phi) is 5.34. The van der Waals surface area contributed by atoms with E-state index in [0.717, 1.165) is 12.5 Å². The van der Waals surface area contributed by atoms with Crippen LogP contribution in [0.4, 0.5) is 0 Å². The lowest BCUT2D eigenvalue weighted by molar-refractivity contribution is 0.102. The van der Waals surface area contributed by atoms with Crippen LogP contribution in [0.15, 0.2) is 0 Å². The summed E-state index contributed by atoms with van der Waals surface area (Å²) in [4.78, 5) is 0.691. The molecule has 0 bridgehead atoms. The van der Waals surface area contributed by atoms with Gasteiger partial charge in [0.2, 0.25) is 0 Å². The van der Waals surface area contributed by atoms with Gasteiger partial charge in [-0.15, -0.1) is 0 Å². The third-order valence-corrected chi connectivity index (χ3v) is 3.38. The van der Waals surface area contributed by atoms with Gasteiger partial charge < -0.3 is 4.74 Å². The quantitative estimate of drug-likeness (QED) is 0.674. The Morgan fingerprint density at radius 1 is 1.46 bits per heavy atom. The maximum atomic E-state index is 5.59. The summed E-state index contributed by atoms with van der Waals surface area (Å²) in [6.07, 6.45) is 6.90. The van der Waals surface area contributed by atoms with Gasteiger partial charge in [0.05, 0.1) is 6.10 Å². The maximum Gasteiger partial charge on any atom is 0.0576 e. The first-order valence-electron chi connectivity index (χ1n) is 5.44. The molecule has 0 saturated carbocycles. The topological polar surface area (TPSA) is 9.23 Å². The predicted octanol–water partition coefficient (Wildman–Crippen LogP) is 3.76. The normalized spacial score (nSPS) is 25.4. The largest absolute Gasteiger partial charge is 0.378 e. The van der Waals surface area contributed by atoms with E-state index in [1.807, 2.05) is 0 Å². The number of rotatable bonds is 5. The Hall–Kier alpha value is 0.440.